The van der Waals surface area contributed by atoms with Crippen molar-refractivity contribution in [1.82, 2.24) is 25.2 Å². The van der Waals surface area contributed by atoms with E-state index in [1.54, 1.807) is 23.5 Å². The van der Waals surface area contributed by atoms with Crippen molar-refractivity contribution in [2.75, 3.05) is 11.1 Å². The van der Waals surface area contributed by atoms with Crippen LogP contribution in [0.2, 0.25) is 0 Å². The summed E-state index contributed by atoms with van der Waals surface area (Å²) in [6.45, 7) is 0. The molecule has 0 aliphatic rings. The molecule has 0 aliphatic carbocycles. The van der Waals surface area contributed by atoms with Gasteiger partial charge in [-0.15, -0.1) is 27.8 Å². The molecule has 0 saturated carbocycles. The minimum absolute atomic E-state index is 0.121. The van der Waals surface area contributed by atoms with Gasteiger partial charge >= 0.3 is 0 Å². The number of benzene rings is 1. The molecule has 3 aromatic heterocycles. The van der Waals surface area contributed by atoms with Crippen molar-refractivity contribution < 1.29 is 9.18 Å². The van der Waals surface area contributed by atoms with Crippen molar-refractivity contribution in [3.8, 4) is 16.3 Å². The average Bonchev–Trinajstić information content (AvgIpc) is 3.42. The summed E-state index contributed by atoms with van der Waals surface area (Å²) in [4.78, 5) is 17.7. The first-order valence-corrected chi connectivity index (χ1v) is 10.4. The van der Waals surface area contributed by atoms with Crippen LogP contribution < -0.4 is 5.32 Å². The Morgan fingerprint density at radius 2 is 2.07 bits per heavy atom. The summed E-state index contributed by atoms with van der Waals surface area (Å²) < 4.78 is 14.5. The van der Waals surface area contributed by atoms with Crippen LogP contribution in [0, 0.1) is 5.82 Å². The van der Waals surface area contributed by atoms with E-state index < -0.39 is 0 Å². The minimum Gasteiger partial charge on any atom is -0.301 e. The number of nitrogens with zero attached hydrogens (tertiary/aromatic N) is 5. The number of carbonyl (C=O) groups excluding carboxylic acids is 1. The van der Waals surface area contributed by atoms with Crippen LogP contribution in [0.3, 0.4) is 0 Å². The highest BCUT2D eigenvalue weighted by Gasteiger charge is 2.13. The molecule has 0 aliphatic heterocycles. The number of amides is 1. The number of halogens is 1. The van der Waals surface area contributed by atoms with Gasteiger partial charge in [-0.05, 0) is 46.1 Å². The van der Waals surface area contributed by atoms with Gasteiger partial charge in [-0.1, -0.05) is 17.8 Å². The summed E-state index contributed by atoms with van der Waals surface area (Å²) in [5.41, 5.74) is 1.46. The molecule has 4 rings (SSSR count). The van der Waals surface area contributed by atoms with Gasteiger partial charge in [0.1, 0.15) is 5.82 Å². The number of hydrogen-bond acceptors (Lipinski definition) is 8. The zero-order chi connectivity index (χ0) is 18.6. The van der Waals surface area contributed by atoms with Crippen molar-refractivity contribution in [2.45, 2.75) is 5.16 Å². The Bertz CT molecular complexity index is 1040. The van der Waals surface area contributed by atoms with Crippen molar-refractivity contribution >= 4 is 45.5 Å². The first kappa shape index (κ1) is 17.8. The minimum atomic E-state index is -0.342. The second-order valence-corrected chi connectivity index (χ2v) is 7.95. The Morgan fingerprint density at radius 1 is 1.22 bits per heavy atom. The van der Waals surface area contributed by atoms with E-state index in [9.17, 15) is 9.18 Å². The number of nitrogens with one attached hydrogen (secondary N) is 1. The van der Waals surface area contributed by atoms with Gasteiger partial charge in [0.2, 0.25) is 11.1 Å². The van der Waals surface area contributed by atoms with Crippen molar-refractivity contribution in [3.63, 3.8) is 0 Å². The zero-order valence-electron chi connectivity index (χ0n) is 13.6. The number of anilines is 1. The van der Waals surface area contributed by atoms with Gasteiger partial charge in [-0.2, -0.15) is 4.68 Å². The predicted octanol–water partition coefficient (Wildman–Crippen LogP) is 3.72. The molecular weight excluding hydrogens is 407 g/mol. The zero-order valence-corrected chi connectivity index (χ0v) is 16.0. The molecule has 0 atom stereocenters. The van der Waals surface area contributed by atoms with Crippen LogP contribution in [0.5, 0.6) is 0 Å². The van der Waals surface area contributed by atoms with Crippen molar-refractivity contribution in [3.05, 3.63) is 53.0 Å². The molecule has 1 N–H and O–H groups in total. The highest BCUT2D eigenvalue weighted by Crippen LogP contribution is 2.28. The molecule has 136 valence electrons. The monoisotopic (exact) mass is 418 g/mol. The lowest BCUT2D eigenvalue weighted by Gasteiger charge is -2.04. The Kier molecular flexibility index (Phi) is 5.23. The molecule has 0 unspecified atom stereocenters. The maximum Gasteiger partial charge on any atom is 0.236 e. The number of thioether (sulfide) groups is 1. The molecule has 11 heteroatoms. The summed E-state index contributed by atoms with van der Waals surface area (Å²) in [6, 6.07) is 9.72. The van der Waals surface area contributed by atoms with E-state index in [1.165, 1.54) is 39.9 Å². The van der Waals surface area contributed by atoms with Gasteiger partial charge < -0.3 is 5.32 Å². The predicted molar refractivity (Wildman–Crippen MR) is 104 cm³/mol. The van der Waals surface area contributed by atoms with Crippen LogP contribution in [-0.2, 0) is 4.79 Å². The number of hydrogen-bond donors (Lipinski definition) is 1. The first-order valence-electron chi connectivity index (χ1n) is 7.65. The fourth-order valence-corrected chi connectivity index (χ4v) is 4.35. The van der Waals surface area contributed by atoms with Gasteiger partial charge in [-0.25, -0.2) is 9.37 Å². The number of carbonyl (C=O) groups is 1. The molecule has 0 saturated heterocycles. The lowest BCUT2D eigenvalue weighted by Crippen LogP contribution is -2.14. The molecular formula is C16H11FN6OS3. The van der Waals surface area contributed by atoms with E-state index in [4.69, 9.17) is 0 Å². The standard InChI is InChI=1S/C16H11FN6OS3/c17-10-3-5-11(6-4-10)23-16(20-21-22-23)27-9-14(24)19-15-18-12(8-26-15)13-2-1-7-25-13/h1-8H,9H2,(H,18,19,24). The van der Waals surface area contributed by atoms with Crippen LogP contribution in [0.25, 0.3) is 16.3 Å². The maximum absolute atomic E-state index is 13.1. The molecule has 1 amide bonds. The highest BCUT2D eigenvalue weighted by molar-refractivity contribution is 7.99. The number of rotatable bonds is 6. The summed E-state index contributed by atoms with van der Waals surface area (Å²) >= 11 is 4.15. The molecule has 3 heterocycles. The number of thiophene rings is 1. The lowest BCUT2D eigenvalue weighted by atomic mass is 10.3. The normalized spacial score (nSPS) is 10.9. The smallest absolute Gasteiger partial charge is 0.236 e. The van der Waals surface area contributed by atoms with E-state index in [-0.39, 0.29) is 17.5 Å². The SMILES string of the molecule is O=C(CSc1nnnn1-c1ccc(F)cc1)Nc1nc(-c2cccs2)cs1. The average molecular weight is 419 g/mol. The Hall–Kier alpha value is -2.63. The summed E-state index contributed by atoms with van der Waals surface area (Å²) in [7, 11) is 0. The molecule has 7 nitrogen and oxygen atoms in total. The number of thiazole rings is 1. The molecule has 1 aromatic carbocycles. The number of tetrazole rings is 1. The van der Waals surface area contributed by atoms with E-state index in [0.717, 1.165) is 10.6 Å². The highest BCUT2D eigenvalue weighted by atomic mass is 32.2. The van der Waals surface area contributed by atoms with Crippen LogP contribution >= 0.6 is 34.4 Å². The van der Waals surface area contributed by atoms with Gasteiger partial charge in [0, 0.05) is 5.38 Å². The fraction of sp³-hybridized carbons (Fsp3) is 0.0625. The van der Waals surface area contributed by atoms with Crippen LogP contribution in [0.15, 0.2) is 52.3 Å². The third-order valence-electron chi connectivity index (χ3n) is 3.37. The van der Waals surface area contributed by atoms with Crippen LogP contribution in [-0.4, -0.2) is 36.9 Å². The Labute approximate surface area is 165 Å². The van der Waals surface area contributed by atoms with E-state index in [1.807, 2.05) is 22.9 Å². The maximum atomic E-state index is 13.1. The topological polar surface area (TPSA) is 85.6 Å². The Morgan fingerprint density at radius 3 is 2.85 bits per heavy atom. The third kappa shape index (κ3) is 4.21. The van der Waals surface area contributed by atoms with Crippen LogP contribution in [0.1, 0.15) is 0 Å². The molecule has 0 radical (unpaired) electrons. The van der Waals surface area contributed by atoms with Gasteiger partial charge in [0.25, 0.3) is 0 Å². The lowest BCUT2D eigenvalue weighted by molar-refractivity contribution is -0.113. The molecule has 0 bridgehead atoms. The molecule has 4 aromatic rings. The summed E-state index contributed by atoms with van der Waals surface area (Å²) in [5, 5.41) is 19.1. The third-order valence-corrected chi connectivity index (χ3v) is 5.94. The largest absolute Gasteiger partial charge is 0.301 e. The van der Waals surface area contributed by atoms with Crippen LogP contribution in [0.4, 0.5) is 9.52 Å². The van der Waals surface area contributed by atoms with E-state index in [2.05, 4.69) is 25.8 Å². The second-order valence-electron chi connectivity index (χ2n) is 5.20. The fourth-order valence-electron chi connectivity index (χ4n) is 2.17. The first-order chi connectivity index (χ1) is 13.2. The van der Waals surface area contributed by atoms with E-state index >= 15 is 0 Å². The quantitative estimate of drug-likeness (QED) is 0.481. The van der Waals surface area contributed by atoms with Crippen molar-refractivity contribution in [1.29, 1.82) is 0 Å². The molecule has 0 fully saturated rings. The summed E-state index contributed by atoms with van der Waals surface area (Å²) in [5.74, 6) is -0.429. The summed E-state index contributed by atoms with van der Waals surface area (Å²) in [6.07, 6.45) is 0. The second kappa shape index (κ2) is 7.94. The van der Waals surface area contributed by atoms with Gasteiger partial charge in [-0.3, -0.25) is 4.79 Å². The Balaban J connectivity index is 1.38. The van der Waals surface area contributed by atoms with E-state index in [0.29, 0.717) is 16.0 Å². The number of aromatic nitrogens is 5. The van der Waals surface area contributed by atoms with Gasteiger partial charge in [0.15, 0.2) is 5.13 Å². The molecule has 0 spiro atoms. The molecule has 27 heavy (non-hydrogen) atoms. The van der Waals surface area contributed by atoms with Crippen molar-refractivity contribution in [2.24, 2.45) is 0 Å². The van der Waals surface area contributed by atoms with Gasteiger partial charge in [0.05, 0.1) is 22.0 Å².